The summed E-state index contributed by atoms with van der Waals surface area (Å²) >= 11 is 6.35. The van der Waals surface area contributed by atoms with E-state index in [1.54, 1.807) is 0 Å². The van der Waals surface area contributed by atoms with E-state index in [4.69, 9.17) is 11.6 Å². The molecule has 3 nitrogen and oxygen atoms in total. The van der Waals surface area contributed by atoms with Crippen LogP contribution in [0, 0.1) is 12.8 Å². The summed E-state index contributed by atoms with van der Waals surface area (Å²) in [4.78, 5) is 0. The lowest BCUT2D eigenvalue weighted by Crippen LogP contribution is -2.30. The fraction of sp³-hybridized carbons (Fsp3) is 0.800. The van der Waals surface area contributed by atoms with E-state index in [2.05, 4.69) is 28.9 Å². The van der Waals surface area contributed by atoms with Gasteiger partial charge in [0.15, 0.2) is 0 Å². The van der Waals surface area contributed by atoms with Crippen molar-refractivity contribution < 1.29 is 0 Å². The van der Waals surface area contributed by atoms with Crippen molar-refractivity contribution in [3.63, 3.8) is 0 Å². The fourth-order valence-electron chi connectivity index (χ4n) is 2.86. The Morgan fingerprint density at radius 3 is 2.74 bits per heavy atom. The van der Waals surface area contributed by atoms with Crippen molar-refractivity contribution in [2.75, 3.05) is 6.54 Å². The minimum Gasteiger partial charge on any atom is -0.314 e. The summed E-state index contributed by atoms with van der Waals surface area (Å²) in [6.45, 7) is 8.29. The Hall–Kier alpha value is -0.540. The maximum atomic E-state index is 6.35. The molecule has 0 bridgehead atoms. The van der Waals surface area contributed by atoms with Gasteiger partial charge in [-0.05, 0) is 58.4 Å². The Morgan fingerprint density at radius 2 is 2.16 bits per heavy atom. The van der Waals surface area contributed by atoms with E-state index >= 15 is 0 Å². The summed E-state index contributed by atoms with van der Waals surface area (Å²) in [7, 11) is 0. The van der Waals surface area contributed by atoms with Gasteiger partial charge in [0.05, 0.1) is 16.4 Å². The van der Waals surface area contributed by atoms with Crippen LogP contribution in [0.3, 0.4) is 0 Å². The lowest BCUT2D eigenvalue weighted by Gasteiger charge is -2.17. The van der Waals surface area contributed by atoms with Gasteiger partial charge in [0.25, 0.3) is 0 Å². The van der Waals surface area contributed by atoms with Gasteiger partial charge in [-0.1, -0.05) is 18.5 Å². The minimum absolute atomic E-state index is 0.711. The Balaban J connectivity index is 1.87. The molecular weight excluding hydrogens is 258 g/mol. The SMILES string of the molecule is CCNC(CCCc1c(Cl)c(C)nn1CC)C1CC1. The van der Waals surface area contributed by atoms with Crippen molar-refractivity contribution in [2.45, 2.75) is 65.5 Å². The van der Waals surface area contributed by atoms with E-state index in [1.165, 1.54) is 31.4 Å². The number of rotatable bonds is 8. The normalized spacial score (nSPS) is 16.8. The number of aryl methyl sites for hydroxylation is 2. The molecule has 0 saturated heterocycles. The molecule has 1 aliphatic rings. The lowest BCUT2D eigenvalue weighted by molar-refractivity contribution is 0.431. The fourth-order valence-corrected chi connectivity index (χ4v) is 3.09. The van der Waals surface area contributed by atoms with Gasteiger partial charge in [-0.3, -0.25) is 4.68 Å². The number of hydrogen-bond acceptors (Lipinski definition) is 2. The molecule has 1 aromatic heterocycles. The van der Waals surface area contributed by atoms with Crippen LogP contribution in [0.25, 0.3) is 0 Å². The van der Waals surface area contributed by atoms with Crippen molar-refractivity contribution >= 4 is 11.6 Å². The summed E-state index contributed by atoms with van der Waals surface area (Å²) in [6.07, 6.45) is 6.30. The molecule has 1 heterocycles. The van der Waals surface area contributed by atoms with Gasteiger partial charge in [-0.15, -0.1) is 0 Å². The van der Waals surface area contributed by atoms with Crippen molar-refractivity contribution in [3.8, 4) is 0 Å². The Kier molecular flexibility index (Phi) is 5.28. The van der Waals surface area contributed by atoms with Gasteiger partial charge in [-0.2, -0.15) is 5.10 Å². The highest BCUT2D eigenvalue weighted by molar-refractivity contribution is 6.31. The third kappa shape index (κ3) is 3.73. The number of nitrogens with zero attached hydrogens (tertiary/aromatic N) is 2. The van der Waals surface area contributed by atoms with E-state index in [1.807, 2.05) is 6.92 Å². The van der Waals surface area contributed by atoms with Crippen LogP contribution in [0.5, 0.6) is 0 Å². The predicted molar refractivity (Wildman–Crippen MR) is 80.8 cm³/mol. The number of hydrogen-bond donors (Lipinski definition) is 1. The Bertz CT molecular complexity index is 410. The van der Waals surface area contributed by atoms with Crippen LogP contribution < -0.4 is 5.32 Å². The molecule has 0 amide bonds. The maximum Gasteiger partial charge on any atom is 0.0847 e. The molecule has 1 saturated carbocycles. The molecule has 1 atom stereocenters. The van der Waals surface area contributed by atoms with E-state index in [0.717, 1.165) is 36.1 Å². The first kappa shape index (κ1) is 14.9. The Labute approximate surface area is 121 Å². The first-order chi connectivity index (χ1) is 9.17. The summed E-state index contributed by atoms with van der Waals surface area (Å²) in [5.74, 6) is 0.924. The molecule has 0 aromatic carbocycles. The van der Waals surface area contributed by atoms with Crippen LogP contribution >= 0.6 is 11.6 Å². The number of aromatic nitrogens is 2. The van der Waals surface area contributed by atoms with Crippen LogP contribution in [0.1, 0.15) is 50.9 Å². The second kappa shape index (κ2) is 6.76. The van der Waals surface area contributed by atoms with Crippen LogP contribution in [-0.2, 0) is 13.0 Å². The van der Waals surface area contributed by atoms with Crippen molar-refractivity contribution in [1.29, 1.82) is 0 Å². The molecular formula is C15H26ClN3. The summed E-state index contributed by atoms with van der Waals surface area (Å²) in [5, 5.41) is 8.97. The maximum absolute atomic E-state index is 6.35. The second-order valence-corrected chi connectivity index (χ2v) is 5.93. The average molecular weight is 284 g/mol. The van der Waals surface area contributed by atoms with Crippen molar-refractivity contribution in [2.24, 2.45) is 5.92 Å². The largest absolute Gasteiger partial charge is 0.314 e. The second-order valence-electron chi connectivity index (χ2n) is 5.56. The molecule has 0 spiro atoms. The number of nitrogens with one attached hydrogen (secondary N) is 1. The average Bonchev–Trinajstić information content (AvgIpc) is 3.20. The number of halogens is 1. The van der Waals surface area contributed by atoms with E-state index in [9.17, 15) is 0 Å². The van der Waals surface area contributed by atoms with Crippen LogP contribution in [0.2, 0.25) is 5.02 Å². The zero-order chi connectivity index (χ0) is 13.8. The summed E-state index contributed by atoms with van der Waals surface area (Å²) in [6, 6.07) is 0.711. The van der Waals surface area contributed by atoms with Crippen molar-refractivity contribution in [3.05, 3.63) is 16.4 Å². The van der Waals surface area contributed by atoms with E-state index in [0.29, 0.717) is 6.04 Å². The van der Waals surface area contributed by atoms with Gasteiger partial charge >= 0.3 is 0 Å². The quantitative estimate of drug-likeness (QED) is 0.790. The molecule has 1 aliphatic carbocycles. The first-order valence-electron chi connectivity index (χ1n) is 7.62. The summed E-state index contributed by atoms with van der Waals surface area (Å²) in [5.41, 5.74) is 2.18. The third-order valence-electron chi connectivity index (χ3n) is 4.04. The molecule has 1 aromatic rings. The van der Waals surface area contributed by atoms with Gasteiger partial charge < -0.3 is 5.32 Å². The molecule has 2 rings (SSSR count). The molecule has 0 aliphatic heterocycles. The highest BCUT2D eigenvalue weighted by Crippen LogP contribution is 2.34. The van der Waals surface area contributed by atoms with Gasteiger partial charge in [-0.25, -0.2) is 0 Å². The standard InChI is InChI=1S/C15H26ClN3/c1-4-17-13(12-9-10-12)7-6-8-14-15(16)11(3)18-19(14)5-2/h12-13,17H,4-10H2,1-3H3. The smallest absolute Gasteiger partial charge is 0.0847 e. The lowest BCUT2D eigenvalue weighted by atomic mass is 10.0. The van der Waals surface area contributed by atoms with Gasteiger partial charge in [0.2, 0.25) is 0 Å². The van der Waals surface area contributed by atoms with Gasteiger partial charge in [0, 0.05) is 12.6 Å². The molecule has 108 valence electrons. The molecule has 1 fully saturated rings. The monoisotopic (exact) mass is 283 g/mol. The molecule has 0 radical (unpaired) electrons. The first-order valence-corrected chi connectivity index (χ1v) is 8.00. The third-order valence-corrected chi connectivity index (χ3v) is 4.53. The minimum atomic E-state index is 0.711. The highest BCUT2D eigenvalue weighted by Gasteiger charge is 2.30. The zero-order valence-electron chi connectivity index (χ0n) is 12.4. The van der Waals surface area contributed by atoms with Crippen LogP contribution in [0.15, 0.2) is 0 Å². The topological polar surface area (TPSA) is 29.9 Å². The Morgan fingerprint density at radius 1 is 1.42 bits per heavy atom. The summed E-state index contributed by atoms with van der Waals surface area (Å²) < 4.78 is 2.05. The van der Waals surface area contributed by atoms with Gasteiger partial charge in [0.1, 0.15) is 0 Å². The van der Waals surface area contributed by atoms with E-state index in [-0.39, 0.29) is 0 Å². The van der Waals surface area contributed by atoms with Crippen LogP contribution in [-0.4, -0.2) is 22.4 Å². The highest BCUT2D eigenvalue weighted by atomic mass is 35.5. The zero-order valence-corrected chi connectivity index (χ0v) is 13.1. The molecule has 1 N–H and O–H groups in total. The van der Waals surface area contributed by atoms with E-state index < -0.39 is 0 Å². The molecule has 4 heteroatoms. The molecule has 19 heavy (non-hydrogen) atoms. The van der Waals surface area contributed by atoms with Crippen LogP contribution in [0.4, 0.5) is 0 Å². The predicted octanol–water partition coefficient (Wildman–Crippen LogP) is 3.58. The van der Waals surface area contributed by atoms with Crippen molar-refractivity contribution in [1.82, 2.24) is 15.1 Å². The molecule has 1 unspecified atom stereocenters.